The lowest BCUT2D eigenvalue weighted by molar-refractivity contribution is 0.254. The number of hydrogen-bond acceptors (Lipinski definition) is 2. The molecule has 1 heterocycles. The van der Waals surface area contributed by atoms with E-state index in [-0.39, 0.29) is 0 Å². The first-order valence-corrected chi connectivity index (χ1v) is 7.43. The van der Waals surface area contributed by atoms with Crippen LogP contribution in [0.1, 0.15) is 44.7 Å². The van der Waals surface area contributed by atoms with Gasteiger partial charge in [0.1, 0.15) is 11.9 Å². The minimum atomic E-state index is 0.345. The Kier molecular flexibility index (Phi) is 4.51. The zero-order valence-corrected chi connectivity index (χ0v) is 12.8. The quantitative estimate of drug-likeness (QED) is 0.845. The van der Waals surface area contributed by atoms with Crippen molar-refractivity contribution in [3.05, 3.63) is 29.3 Å². The van der Waals surface area contributed by atoms with Crippen LogP contribution in [0.3, 0.4) is 0 Å². The summed E-state index contributed by atoms with van der Waals surface area (Å²) >= 11 is 0. The van der Waals surface area contributed by atoms with Gasteiger partial charge >= 0.3 is 0 Å². The van der Waals surface area contributed by atoms with Crippen LogP contribution in [0.15, 0.2) is 18.2 Å². The van der Waals surface area contributed by atoms with E-state index in [0.29, 0.717) is 11.5 Å². The average molecular weight is 261 g/mol. The highest BCUT2D eigenvalue weighted by atomic mass is 16.5. The van der Waals surface area contributed by atoms with Gasteiger partial charge in [-0.05, 0) is 62.4 Å². The third-order valence-electron chi connectivity index (χ3n) is 4.10. The Morgan fingerprint density at radius 1 is 1.32 bits per heavy atom. The molecule has 1 aromatic carbocycles. The van der Waals surface area contributed by atoms with E-state index >= 15 is 0 Å². The second-order valence-electron chi connectivity index (χ2n) is 6.59. The maximum Gasteiger partial charge on any atom is 0.123 e. The molecule has 106 valence electrons. The number of fused-ring (bicyclic) bond motifs is 1. The summed E-state index contributed by atoms with van der Waals surface area (Å²) in [6.45, 7) is 7.97. The Balaban J connectivity index is 1.92. The summed E-state index contributed by atoms with van der Waals surface area (Å²) in [4.78, 5) is 0. The molecule has 0 radical (unpaired) electrons. The molecule has 19 heavy (non-hydrogen) atoms. The zero-order chi connectivity index (χ0) is 13.9. The molecule has 0 bridgehead atoms. The average Bonchev–Trinajstić information content (AvgIpc) is 2.73. The van der Waals surface area contributed by atoms with Crippen molar-refractivity contribution >= 4 is 0 Å². The molecule has 2 rings (SSSR count). The van der Waals surface area contributed by atoms with Crippen molar-refractivity contribution < 1.29 is 4.74 Å². The van der Waals surface area contributed by atoms with Gasteiger partial charge in [0.25, 0.3) is 0 Å². The summed E-state index contributed by atoms with van der Waals surface area (Å²) < 4.78 is 5.75. The fourth-order valence-corrected chi connectivity index (χ4v) is 2.70. The molecule has 1 aliphatic heterocycles. The predicted octanol–water partition coefficient (Wildman–Crippen LogP) is 3.58. The molecule has 0 spiro atoms. The van der Waals surface area contributed by atoms with E-state index in [1.165, 1.54) is 30.4 Å². The molecule has 1 aliphatic rings. The van der Waals surface area contributed by atoms with Gasteiger partial charge in [-0.1, -0.05) is 26.0 Å². The molecule has 1 aromatic rings. The Hall–Kier alpha value is -1.02. The first-order chi connectivity index (χ1) is 9.00. The summed E-state index contributed by atoms with van der Waals surface area (Å²) in [5.41, 5.74) is 3.25. The molecular weight excluding hydrogens is 234 g/mol. The normalized spacial score (nSPS) is 18.2. The van der Waals surface area contributed by atoms with Gasteiger partial charge in [-0.15, -0.1) is 0 Å². The number of ether oxygens (including phenoxy) is 1. The monoisotopic (exact) mass is 261 g/mol. The van der Waals surface area contributed by atoms with Crippen molar-refractivity contribution in [2.75, 3.05) is 13.6 Å². The van der Waals surface area contributed by atoms with E-state index in [9.17, 15) is 0 Å². The highest BCUT2D eigenvalue weighted by molar-refractivity contribution is 5.40. The van der Waals surface area contributed by atoms with Gasteiger partial charge in [-0.2, -0.15) is 0 Å². The maximum atomic E-state index is 5.75. The maximum absolute atomic E-state index is 5.75. The van der Waals surface area contributed by atoms with E-state index in [2.05, 4.69) is 44.3 Å². The Morgan fingerprint density at radius 2 is 2.11 bits per heavy atom. The highest BCUT2D eigenvalue weighted by Gasteiger charge is 2.20. The van der Waals surface area contributed by atoms with Crippen LogP contribution in [0.5, 0.6) is 5.75 Å². The molecule has 0 saturated carbocycles. The number of rotatable bonds is 6. The van der Waals surface area contributed by atoms with Crippen LogP contribution >= 0.6 is 0 Å². The van der Waals surface area contributed by atoms with Crippen molar-refractivity contribution in [3.8, 4) is 5.75 Å². The lowest BCUT2D eigenvalue weighted by atomic mass is 9.83. The fourth-order valence-electron chi connectivity index (χ4n) is 2.70. The Morgan fingerprint density at radius 3 is 2.84 bits per heavy atom. The first-order valence-electron chi connectivity index (χ1n) is 7.43. The van der Waals surface area contributed by atoms with Crippen molar-refractivity contribution in [1.29, 1.82) is 0 Å². The standard InChI is InChI=1S/C17H27NO/c1-13-11-15-12-14(5-6-16(15)19-13)7-8-17(2,3)9-10-18-4/h5-6,12-13,18H,7-11H2,1-4H3. The summed E-state index contributed by atoms with van der Waals surface area (Å²) in [7, 11) is 2.03. The summed E-state index contributed by atoms with van der Waals surface area (Å²) in [6.07, 6.45) is 5.04. The van der Waals surface area contributed by atoms with Crippen LogP contribution < -0.4 is 10.1 Å². The highest BCUT2D eigenvalue weighted by Crippen LogP contribution is 2.31. The fraction of sp³-hybridized carbons (Fsp3) is 0.647. The van der Waals surface area contributed by atoms with Gasteiger partial charge in [0.15, 0.2) is 0 Å². The van der Waals surface area contributed by atoms with Crippen LogP contribution in [0.4, 0.5) is 0 Å². The number of nitrogens with one attached hydrogen (secondary N) is 1. The van der Waals surface area contributed by atoms with Crippen LogP contribution in [0, 0.1) is 5.41 Å². The van der Waals surface area contributed by atoms with Gasteiger partial charge in [0, 0.05) is 6.42 Å². The van der Waals surface area contributed by atoms with E-state index in [4.69, 9.17) is 4.74 Å². The third-order valence-corrected chi connectivity index (χ3v) is 4.10. The van der Waals surface area contributed by atoms with Crippen molar-refractivity contribution in [2.24, 2.45) is 5.41 Å². The second-order valence-corrected chi connectivity index (χ2v) is 6.59. The minimum absolute atomic E-state index is 0.345. The number of benzene rings is 1. The molecule has 2 heteroatoms. The van der Waals surface area contributed by atoms with Crippen LogP contribution in [-0.2, 0) is 12.8 Å². The largest absolute Gasteiger partial charge is 0.490 e. The molecule has 0 aliphatic carbocycles. The van der Waals surface area contributed by atoms with Crippen molar-refractivity contribution in [1.82, 2.24) is 5.32 Å². The Labute approximate surface area is 117 Å². The Bertz CT molecular complexity index is 425. The van der Waals surface area contributed by atoms with Crippen LogP contribution in [0.25, 0.3) is 0 Å². The second kappa shape index (κ2) is 5.96. The summed E-state index contributed by atoms with van der Waals surface area (Å²) in [5.74, 6) is 1.09. The summed E-state index contributed by atoms with van der Waals surface area (Å²) in [5, 5.41) is 3.24. The molecule has 1 unspecified atom stereocenters. The predicted molar refractivity (Wildman–Crippen MR) is 80.9 cm³/mol. The molecule has 1 atom stereocenters. The van der Waals surface area contributed by atoms with E-state index in [1.54, 1.807) is 0 Å². The first kappa shape index (κ1) is 14.4. The number of hydrogen-bond donors (Lipinski definition) is 1. The van der Waals surface area contributed by atoms with E-state index < -0.39 is 0 Å². The smallest absolute Gasteiger partial charge is 0.123 e. The summed E-state index contributed by atoms with van der Waals surface area (Å²) in [6, 6.07) is 6.72. The lowest BCUT2D eigenvalue weighted by Crippen LogP contribution is -2.20. The van der Waals surface area contributed by atoms with Gasteiger partial charge in [-0.25, -0.2) is 0 Å². The van der Waals surface area contributed by atoms with Crippen molar-refractivity contribution in [3.63, 3.8) is 0 Å². The minimum Gasteiger partial charge on any atom is -0.490 e. The molecule has 0 saturated heterocycles. The molecule has 1 N–H and O–H groups in total. The topological polar surface area (TPSA) is 21.3 Å². The van der Waals surface area contributed by atoms with Gasteiger partial charge < -0.3 is 10.1 Å². The molecule has 0 amide bonds. The molecule has 0 aromatic heterocycles. The molecule has 0 fully saturated rings. The van der Waals surface area contributed by atoms with Crippen molar-refractivity contribution in [2.45, 2.75) is 52.6 Å². The van der Waals surface area contributed by atoms with E-state index in [0.717, 1.165) is 18.7 Å². The van der Waals surface area contributed by atoms with E-state index in [1.807, 2.05) is 7.05 Å². The lowest BCUT2D eigenvalue weighted by Gasteiger charge is -2.24. The SMILES string of the molecule is CNCCC(C)(C)CCc1ccc2c(c1)CC(C)O2. The number of aryl methyl sites for hydroxylation is 1. The van der Waals surface area contributed by atoms with Gasteiger partial charge in [0.05, 0.1) is 0 Å². The van der Waals surface area contributed by atoms with Crippen LogP contribution in [0.2, 0.25) is 0 Å². The van der Waals surface area contributed by atoms with Gasteiger partial charge in [0.2, 0.25) is 0 Å². The zero-order valence-electron chi connectivity index (χ0n) is 12.8. The van der Waals surface area contributed by atoms with Gasteiger partial charge in [-0.3, -0.25) is 0 Å². The third kappa shape index (κ3) is 3.97. The molecule has 2 nitrogen and oxygen atoms in total. The van der Waals surface area contributed by atoms with Crippen LogP contribution in [-0.4, -0.2) is 19.7 Å². The molecular formula is C17H27NO.